The van der Waals surface area contributed by atoms with Gasteiger partial charge in [-0.05, 0) is 67.0 Å². The first kappa shape index (κ1) is 28.5. The third-order valence-electron chi connectivity index (χ3n) is 7.97. The third-order valence-corrected chi connectivity index (χ3v) is 7.97. The van der Waals surface area contributed by atoms with Crippen molar-refractivity contribution in [3.63, 3.8) is 0 Å². The predicted octanol–water partition coefficient (Wildman–Crippen LogP) is 6.63. The van der Waals surface area contributed by atoms with Crippen LogP contribution in [0.4, 0.5) is 11.8 Å². The number of hydrogen-bond donors (Lipinski definition) is 0. The minimum atomic E-state index is -0.417. The van der Waals surface area contributed by atoms with Gasteiger partial charge in [0, 0.05) is 55.9 Å². The average molecular weight is 551 g/mol. The van der Waals surface area contributed by atoms with Crippen LogP contribution >= 0.6 is 0 Å². The number of rotatable bonds is 9. The highest BCUT2D eigenvalue weighted by Crippen LogP contribution is 2.35. The Bertz CT molecular complexity index is 1440. The summed E-state index contributed by atoms with van der Waals surface area (Å²) in [5.74, 6) is 3.72. The Morgan fingerprint density at radius 1 is 0.805 bits per heavy atom. The largest absolute Gasteiger partial charge is 0.477 e. The van der Waals surface area contributed by atoms with Gasteiger partial charge in [-0.15, -0.1) is 0 Å². The standard InChI is InChI=1S/C34H42N6O/c1-7-26-11-9-12-27(8-2)31(26)32(41-29-22-28(23(3)4)14-13-24(29)5)33-37-25(6)21-30(38-33)39-17-19-40(20-18-39)34-35-15-10-16-36-34/h9-16,21-23,32H,7-8,17-20H2,1-6H3. The normalized spacial score (nSPS) is 14.4. The Morgan fingerprint density at radius 2 is 1.46 bits per heavy atom. The van der Waals surface area contributed by atoms with Gasteiger partial charge < -0.3 is 14.5 Å². The molecule has 3 heterocycles. The predicted molar refractivity (Wildman–Crippen MR) is 166 cm³/mol. The molecule has 1 fully saturated rings. The zero-order valence-corrected chi connectivity index (χ0v) is 25.3. The van der Waals surface area contributed by atoms with E-state index < -0.39 is 6.10 Å². The fourth-order valence-corrected chi connectivity index (χ4v) is 5.53. The lowest BCUT2D eigenvalue weighted by atomic mass is 9.92. The van der Waals surface area contributed by atoms with E-state index in [1.54, 1.807) is 12.4 Å². The van der Waals surface area contributed by atoms with Crippen LogP contribution in [-0.2, 0) is 12.8 Å². The molecule has 1 aliphatic heterocycles. The minimum absolute atomic E-state index is 0.410. The molecule has 1 saturated heterocycles. The van der Waals surface area contributed by atoms with Crippen LogP contribution in [0.25, 0.3) is 0 Å². The van der Waals surface area contributed by atoms with Gasteiger partial charge in [0.2, 0.25) is 5.95 Å². The highest BCUT2D eigenvalue weighted by Gasteiger charge is 2.28. The summed E-state index contributed by atoms with van der Waals surface area (Å²) in [6.45, 7) is 16.3. The molecule has 0 saturated carbocycles. The highest BCUT2D eigenvalue weighted by atomic mass is 16.5. The number of aromatic nitrogens is 4. The molecular formula is C34H42N6O. The lowest BCUT2D eigenvalue weighted by molar-refractivity contribution is 0.232. The van der Waals surface area contributed by atoms with Crippen molar-refractivity contribution in [2.24, 2.45) is 0 Å². The Labute approximate surface area is 244 Å². The van der Waals surface area contributed by atoms with E-state index in [4.69, 9.17) is 14.7 Å². The topological polar surface area (TPSA) is 67.3 Å². The first-order chi connectivity index (χ1) is 19.9. The highest BCUT2D eigenvalue weighted by molar-refractivity contribution is 5.47. The number of benzene rings is 2. The van der Waals surface area contributed by atoms with Crippen molar-refractivity contribution in [3.8, 4) is 5.75 Å². The molecule has 0 radical (unpaired) electrons. The van der Waals surface area contributed by atoms with Gasteiger partial charge in [0.05, 0.1) is 0 Å². The maximum atomic E-state index is 7.00. The maximum absolute atomic E-state index is 7.00. The number of nitrogens with zero attached hydrogens (tertiary/aromatic N) is 6. The van der Waals surface area contributed by atoms with E-state index in [0.29, 0.717) is 11.7 Å². The fraction of sp³-hybridized carbons (Fsp3) is 0.412. The van der Waals surface area contributed by atoms with Crippen molar-refractivity contribution in [2.75, 3.05) is 36.0 Å². The van der Waals surface area contributed by atoms with Crippen molar-refractivity contribution >= 4 is 11.8 Å². The van der Waals surface area contributed by atoms with Gasteiger partial charge in [-0.2, -0.15) is 0 Å². The molecule has 5 rings (SSSR count). The molecule has 1 aliphatic rings. The number of anilines is 2. The third kappa shape index (κ3) is 6.34. The molecule has 1 atom stereocenters. The van der Waals surface area contributed by atoms with Crippen LogP contribution in [0.2, 0.25) is 0 Å². The van der Waals surface area contributed by atoms with E-state index in [1.807, 2.05) is 6.07 Å². The van der Waals surface area contributed by atoms with Crippen LogP contribution in [0.5, 0.6) is 5.75 Å². The Kier molecular flexibility index (Phi) is 8.81. The van der Waals surface area contributed by atoms with Gasteiger partial charge in [0.25, 0.3) is 0 Å². The van der Waals surface area contributed by atoms with E-state index in [1.165, 1.54) is 22.3 Å². The fourth-order valence-electron chi connectivity index (χ4n) is 5.53. The second-order valence-corrected chi connectivity index (χ2v) is 11.1. The minimum Gasteiger partial charge on any atom is -0.477 e. The summed E-state index contributed by atoms with van der Waals surface area (Å²) in [4.78, 5) is 23.7. The molecule has 214 valence electrons. The monoisotopic (exact) mass is 550 g/mol. The van der Waals surface area contributed by atoms with Gasteiger partial charge >= 0.3 is 0 Å². The summed E-state index contributed by atoms with van der Waals surface area (Å²) in [5, 5.41) is 0. The smallest absolute Gasteiger partial charge is 0.225 e. The van der Waals surface area contributed by atoms with Gasteiger partial charge in [0.15, 0.2) is 11.9 Å². The van der Waals surface area contributed by atoms with Crippen LogP contribution in [-0.4, -0.2) is 46.1 Å². The van der Waals surface area contributed by atoms with Crippen molar-refractivity contribution in [2.45, 2.75) is 66.4 Å². The molecule has 41 heavy (non-hydrogen) atoms. The van der Waals surface area contributed by atoms with Crippen LogP contribution < -0.4 is 14.5 Å². The average Bonchev–Trinajstić information content (AvgIpc) is 3.00. The molecule has 2 aromatic carbocycles. The summed E-state index contributed by atoms with van der Waals surface area (Å²) in [6, 6.07) is 17.1. The van der Waals surface area contributed by atoms with E-state index in [2.05, 4.69) is 104 Å². The Balaban J connectivity index is 1.54. The maximum Gasteiger partial charge on any atom is 0.225 e. The van der Waals surface area contributed by atoms with Crippen LogP contribution in [0.15, 0.2) is 60.9 Å². The molecule has 7 heteroatoms. The quantitative estimate of drug-likeness (QED) is 0.232. The lowest BCUT2D eigenvalue weighted by Crippen LogP contribution is -2.47. The molecule has 0 spiro atoms. The molecule has 2 aromatic heterocycles. The molecule has 4 aromatic rings. The van der Waals surface area contributed by atoms with Crippen LogP contribution in [0.1, 0.15) is 79.1 Å². The molecule has 0 N–H and O–H groups in total. The first-order valence-corrected chi connectivity index (χ1v) is 14.9. The summed E-state index contributed by atoms with van der Waals surface area (Å²) >= 11 is 0. The molecule has 1 unspecified atom stereocenters. The van der Waals surface area contributed by atoms with Crippen LogP contribution in [0, 0.1) is 13.8 Å². The number of ether oxygens (including phenoxy) is 1. The van der Waals surface area contributed by atoms with Gasteiger partial charge in [-0.25, -0.2) is 19.9 Å². The SMILES string of the molecule is CCc1cccc(CC)c1C(Oc1cc(C(C)C)ccc1C)c1nc(C)cc(N2CCN(c3ncccn3)CC2)n1. The first-order valence-electron chi connectivity index (χ1n) is 14.9. The van der Waals surface area contributed by atoms with E-state index in [9.17, 15) is 0 Å². The summed E-state index contributed by atoms with van der Waals surface area (Å²) in [6.07, 6.45) is 5.00. The van der Waals surface area contributed by atoms with Gasteiger partial charge in [-0.1, -0.05) is 58.0 Å². The second kappa shape index (κ2) is 12.7. The summed E-state index contributed by atoms with van der Waals surface area (Å²) in [5.41, 5.74) is 7.04. The van der Waals surface area contributed by atoms with E-state index in [0.717, 1.165) is 67.8 Å². The molecule has 0 amide bonds. The van der Waals surface area contributed by atoms with E-state index >= 15 is 0 Å². The number of aryl methyl sites for hydroxylation is 4. The van der Waals surface area contributed by atoms with Crippen molar-refractivity contribution in [1.82, 2.24) is 19.9 Å². The summed E-state index contributed by atoms with van der Waals surface area (Å²) < 4.78 is 7.00. The van der Waals surface area contributed by atoms with E-state index in [-0.39, 0.29) is 0 Å². The zero-order valence-electron chi connectivity index (χ0n) is 25.3. The summed E-state index contributed by atoms with van der Waals surface area (Å²) in [7, 11) is 0. The second-order valence-electron chi connectivity index (χ2n) is 11.1. The number of piperazine rings is 1. The van der Waals surface area contributed by atoms with Crippen molar-refractivity contribution in [3.05, 3.63) is 100 Å². The zero-order chi connectivity index (χ0) is 28.9. The Morgan fingerprint density at radius 3 is 2.10 bits per heavy atom. The van der Waals surface area contributed by atoms with Gasteiger partial charge in [0.1, 0.15) is 11.6 Å². The van der Waals surface area contributed by atoms with Crippen molar-refractivity contribution < 1.29 is 4.74 Å². The van der Waals surface area contributed by atoms with Crippen molar-refractivity contribution in [1.29, 1.82) is 0 Å². The molecule has 7 nitrogen and oxygen atoms in total. The van der Waals surface area contributed by atoms with Gasteiger partial charge in [-0.3, -0.25) is 0 Å². The number of hydrogen-bond acceptors (Lipinski definition) is 7. The molecule has 0 bridgehead atoms. The Hall–Kier alpha value is -4.00. The molecule has 0 aliphatic carbocycles. The molecular weight excluding hydrogens is 508 g/mol. The van der Waals surface area contributed by atoms with Crippen LogP contribution in [0.3, 0.4) is 0 Å². The lowest BCUT2D eigenvalue weighted by Gasteiger charge is -2.35.